The van der Waals surface area contributed by atoms with Gasteiger partial charge in [-0.1, -0.05) is 6.07 Å². The number of anilines is 1. The molecule has 1 amide bonds. The molecule has 1 aromatic carbocycles. The van der Waals surface area contributed by atoms with E-state index in [0.29, 0.717) is 25.2 Å². The highest BCUT2D eigenvalue weighted by molar-refractivity contribution is 6.00. The lowest BCUT2D eigenvalue weighted by Crippen LogP contribution is -2.28. The lowest BCUT2D eigenvalue weighted by molar-refractivity contribution is -0.121. The third-order valence-electron chi connectivity index (χ3n) is 3.27. The summed E-state index contributed by atoms with van der Waals surface area (Å²) in [6.07, 6.45) is 0.642. The zero-order chi connectivity index (χ0) is 13.3. The summed E-state index contributed by atoms with van der Waals surface area (Å²) in [6.45, 7) is 2.39. The Morgan fingerprint density at radius 1 is 1.44 bits per heavy atom. The van der Waals surface area contributed by atoms with Crippen molar-refractivity contribution in [3.63, 3.8) is 0 Å². The van der Waals surface area contributed by atoms with E-state index in [-0.39, 0.29) is 23.2 Å². The molecule has 5 heteroatoms. The fourth-order valence-corrected chi connectivity index (χ4v) is 2.34. The van der Waals surface area contributed by atoms with Gasteiger partial charge in [-0.05, 0) is 25.5 Å². The van der Waals surface area contributed by atoms with E-state index in [1.807, 2.05) is 4.90 Å². The number of halogens is 1. The van der Waals surface area contributed by atoms with E-state index in [2.05, 4.69) is 0 Å². The van der Waals surface area contributed by atoms with Crippen LogP contribution in [0.15, 0.2) is 18.2 Å². The van der Waals surface area contributed by atoms with Crippen LogP contribution in [0, 0.1) is 11.7 Å². The van der Waals surface area contributed by atoms with Gasteiger partial charge in [0.1, 0.15) is 5.82 Å². The summed E-state index contributed by atoms with van der Waals surface area (Å²) in [4.78, 5) is 24.5. The Balaban J connectivity index is 2.32. The van der Waals surface area contributed by atoms with Crippen LogP contribution in [-0.2, 0) is 4.79 Å². The largest absolute Gasteiger partial charge is 0.370 e. The second-order valence-corrected chi connectivity index (χ2v) is 4.52. The first-order chi connectivity index (χ1) is 8.50. The molecule has 2 N–H and O–H groups in total. The van der Waals surface area contributed by atoms with Crippen molar-refractivity contribution < 1.29 is 14.0 Å². The minimum absolute atomic E-state index is 0.0858. The maximum absolute atomic E-state index is 13.7. The van der Waals surface area contributed by atoms with Crippen molar-refractivity contribution in [2.24, 2.45) is 11.7 Å². The Labute approximate surface area is 105 Å². The number of carbonyl (C=O) groups excluding carboxylic acids is 2. The van der Waals surface area contributed by atoms with E-state index in [1.54, 1.807) is 12.1 Å². The molecule has 0 radical (unpaired) electrons. The van der Waals surface area contributed by atoms with E-state index < -0.39 is 5.82 Å². The van der Waals surface area contributed by atoms with Crippen LogP contribution < -0.4 is 10.6 Å². The summed E-state index contributed by atoms with van der Waals surface area (Å²) < 4.78 is 13.7. The van der Waals surface area contributed by atoms with Gasteiger partial charge in [0, 0.05) is 13.1 Å². The maximum atomic E-state index is 13.7. The zero-order valence-electron chi connectivity index (χ0n) is 10.1. The molecule has 1 heterocycles. The van der Waals surface area contributed by atoms with Crippen LogP contribution in [0.1, 0.15) is 23.7 Å². The second-order valence-electron chi connectivity index (χ2n) is 4.52. The van der Waals surface area contributed by atoms with Gasteiger partial charge in [0.15, 0.2) is 5.78 Å². The number of primary amides is 1. The Bertz CT molecular complexity index is 502. The van der Waals surface area contributed by atoms with Gasteiger partial charge in [-0.25, -0.2) is 4.39 Å². The zero-order valence-corrected chi connectivity index (χ0v) is 10.1. The third-order valence-corrected chi connectivity index (χ3v) is 3.27. The van der Waals surface area contributed by atoms with Gasteiger partial charge in [0.2, 0.25) is 5.91 Å². The number of rotatable bonds is 3. The highest BCUT2D eigenvalue weighted by Gasteiger charge is 2.29. The summed E-state index contributed by atoms with van der Waals surface area (Å²) in [7, 11) is 0. The van der Waals surface area contributed by atoms with Crippen LogP contribution in [0.3, 0.4) is 0 Å². The molecule has 4 nitrogen and oxygen atoms in total. The number of hydrogen-bond acceptors (Lipinski definition) is 3. The molecule has 0 aliphatic carbocycles. The van der Waals surface area contributed by atoms with Gasteiger partial charge in [-0.2, -0.15) is 0 Å². The van der Waals surface area contributed by atoms with Crippen molar-refractivity contribution >= 4 is 17.4 Å². The lowest BCUT2D eigenvalue weighted by atomic mass is 10.1. The molecule has 18 heavy (non-hydrogen) atoms. The molecule has 0 saturated carbocycles. The number of nitrogens with zero attached hydrogens (tertiary/aromatic N) is 1. The van der Waals surface area contributed by atoms with Crippen molar-refractivity contribution in [3.8, 4) is 0 Å². The quantitative estimate of drug-likeness (QED) is 0.823. The van der Waals surface area contributed by atoms with Gasteiger partial charge in [0.05, 0.1) is 17.2 Å². The van der Waals surface area contributed by atoms with Crippen molar-refractivity contribution in [3.05, 3.63) is 29.6 Å². The standard InChI is InChI=1S/C13H15FN2O2/c1-8(17)12-10(14)3-2-4-11(12)16-6-5-9(7-16)13(15)18/h2-4,9H,5-7H2,1H3,(H2,15,18)/t9-/m1/s1. The fraction of sp³-hybridized carbons (Fsp3) is 0.385. The lowest BCUT2D eigenvalue weighted by Gasteiger charge is -2.21. The fourth-order valence-electron chi connectivity index (χ4n) is 2.34. The molecule has 0 spiro atoms. The first kappa shape index (κ1) is 12.5. The highest BCUT2D eigenvalue weighted by Crippen LogP contribution is 2.28. The van der Waals surface area contributed by atoms with Crippen LogP contribution >= 0.6 is 0 Å². The monoisotopic (exact) mass is 250 g/mol. The molecule has 1 aliphatic rings. The normalized spacial score (nSPS) is 19.0. The van der Waals surface area contributed by atoms with Crippen LogP contribution in [0.2, 0.25) is 0 Å². The number of nitrogens with two attached hydrogens (primary N) is 1. The van der Waals surface area contributed by atoms with Gasteiger partial charge >= 0.3 is 0 Å². The molecule has 1 aromatic rings. The Hall–Kier alpha value is -1.91. The third kappa shape index (κ3) is 2.20. The Morgan fingerprint density at radius 2 is 2.17 bits per heavy atom. The van der Waals surface area contributed by atoms with Crippen molar-refractivity contribution in [2.45, 2.75) is 13.3 Å². The Kier molecular flexibility index (Phi) is 3.32. The van der Waals surface area contributed by atoms with Crippen molar-refractivity contribution in [1.29, 1.82) is 0 Å². The number of Topliss-reactive ketones (excluding diaryl/α,β-unsaturated/α-hetero) is 1. The van der Waals surface area contributed by atoms with E-state index in [1.165, 1.54) is 13.0 Å². The average molecular weight is 250 g/mol. The predicted molar refractivity (Wildman–Crippen MR) is 65.9 cm³/mol. The number of ketones is 1. The van der Waals surface area contributed by atoms with Crippen LogP contribution in [0.25, 0.3) is 0 Å². The number of benzene rings is 1. The second kappa shape index (κ2) is 4.76. The molecule has 0 aromatic heterocycles. The Morgan fingerprint density at radius 3 is 2.72 bits per heavy atom. The molecule has 1 saturated heterocycles. The van der Waals surface area contributed by atoms with E-state index in [9.17, 15) is 14.0 Å². The van der Waals surface area contributed by atoms with Crippen molar-refractivity contribution in [1.82, 2.24) is 0 Å². The molecular formula is C13H15FN2O2. The predicted octanol–water partition coefficient (Wildman–Crippen LogP) is 1.34. The average Bonchev–Trinajstić information content (AvgIpc) is 2.77. The summed E-state index contributed by atoms with van der Waals surface area (Å²) in [5.74, 6) is -1.42. The minimum Gasteiger partial charge on any atom is -0.370 e. The molecule has 1 atom stereocenters. The summed E-state index contributed by atoms with van der Waals surface area (Å²) in [5.41, 5.74) is 5.89. The van der Waals surface area contributed by atoms with Gasteiger partial charge in [-0.15, -0.1) is 0 Å². The summed E-state index contributed by atoms with van der Waals surface area (Å²) in [5, 5.41) is 0. The first-order valence-electron chi connectivity index (χ1n) is 5.84. The maximum Gasteiger partial charge on any atom is 0.222 e. The summed E-state index contributed by atoms with van der Waals surface area (Å²) in [6, 6.07) is 4.53. The molecule has 0 bridgehead atoms. The van der Waals surface area contributed by atoms with Crippen LogP contribution in [0.5, 0.6) is 0 Å². The van der Waals surface area contributed by atoms with Crippen LogP contribution in [-0.4, -0.2) is 24.8 Å². The van der Waals surface area contributed by atoms with Gasteiger partial charge in [-0.3, -0.25) is 9.59 Å². The minimum atomic E-state index is -0.525. The van der Waals surface area contributed by atoms with Crippen LogP contribution in [0.4, 0.5) is 10.1 Å². The molecule has 96 valence electrons. The van der Waals surface area contributed by atoms with E-state index >= 15 is 0 Å². The topological polar surface area (TPSA) is 63.4 Å². The first-order valence-corrected chi connectivity index (χ1v) is 5.84. The number of carbonyl (C=O) groups is 2. The number of hydrogen-bond donors (Lipinski definition) is 1. The van der Waals surface area contributed by atoms with E-state index in [4.69, 9.17) is 5.73 Å². The van der Waals surface area contributed by atoms with E-state index in [0.717, 1.165) is 0 Å². The highest BCUT2D eigenvalue weighted by atomic mass is 19.1. The molecule has 2 rings (SSSR count). The molecule has 0 unspecified atom stereocenters. The number of amides is 1. The van der Waals surface area contributed by atoms with Crippen molar-refractivity contribution in [2.75, 3.05) is 18.0 Å². The summed E-state index contributed by atoms with van der Waals surface area (Å²) >= 11 is 0. The smallest absolute Gasteiger partial charge is 0.222 e. The van der Waals surface area contributed by atoms with Gasteiger partial charge < -0.3 is 10.6 Å². The SMILES string of the molecule is CC(=O)c1c(F)cccc1N1CC[C@@H](C(N)=O)C1. The molecule has 1 aliphatic heterocycles. The molecular weight excluding hydrogens is 235 g/mol. The van der Waals surface area contributed by atoms with Gasteiger partial charge in [0.25, 0.3) is 0 Å². The molecule has 1 fully saturated rings.